The summed E-state index contributed by atoms with van der Waals surface area (Å²) in [6.07, 6.45) is 8.26. The highest BCUT2D eigenvalue weighted by atomic mass is 15.2. The van der Waals surface area contributed by atoms with E-state index in [0.29, 0.717) is 6.04 Å². The van der Waals surface area contributed by atoms with E-state index in [2.05, 4.69) is 9.80 Å². The second kappa shape index (κ2) is 5.89. The molecule has 1 saturated carbocycles. The summed E-state index contributed by atoms with van der Waals surface area (Å²) in [5, 5.41) is 0. The summed E-state index contributed by atoms with van der Waals surface area (Å²) in [6.45, 7) is 7.92. The second-order valence-electron chi connectivity index (χ2n) is 6.68. The van der Waals surface area contributed by atoms with Gasteiger partial charge in [-0.2, -0.15) is 0 Å². The topological polar surface area (TPSA) is 32.5 Å². The first-order valence-electron chi connectivity index (χ1n) is 8.03. The summed E-state index contributed by atoms with van der Waals surface area (Å²) in [5.41, 5.74) is 6.28. The first-order chi connectivity index (χ1) is 8.83. The van der Waals surface area contributed by atoms with Crippen molar-refractivity contribution in [2.75, 3.05) is 39.3 Å². The van der Waals surface area contributed by atoms with Crippen LogP contribution in [0.3, 0.4) is 0 Å². The summed E-state index contributed by atoms with van der Waals surface area (Å²) in [7, 11) is 0. The Bertz CT molecular complexity index is 262. The molecule has 3 rings (SSSR count). The first-order valence-corrected chi connectivity index (χ1v) is 8.03. The van der Waals surface area contributed by atoms with Gasteiger partial charge < -0.3 is 15.5 Å². The van der Waals surface area contributed by atoms with E-state index in [0.717, 1.165) is 11.8 Å². The van der Waals surface area contributed by atoms with E-state index < -0.39 is 0 Å². The van der Waals surface area contributed by atoms with E-state index in [4.69, 9.17) is 5.73 Å². The zero-order chi connectivity index (χ0) is 12.4. The van der Waals surface area contributed by atoms with Crippen LogP contribution in [0.15, 0.2) is 0 Å². The highest BCUT2D eigenvalue weighted by Gasteiger charge is 2.38. The number of fused-ring (bicyclic) bond motifs is 1. The predicted molar refractivity (Wildman–Crippen MR) is 75.5 cm³/mol. The fraction of sp³-hybridized carbons (Fsp3) is 1.00. The van der Waals surface area contributed by atoms with Gasteiger partial charge in [0.15, 0.2) is 0 Å². The van der Waals surface area contributed by atoms with Gasteiger partial charge in [-0.1, -0.05) is 6.42 Å². The quantitative estimate of drug-likeness (QED) is 0.822. The van der Waals surface area contributed by atoms with E-state index in [-0.39, 0.29) is 0 Å². The molecule has 3 unspecified atom stereocenters. The molecular formula is C15H29N3. The predicted octanol–water partition coefficient (Wildman–Crippen LogP) is 1.53. The van der Waals surface area contributed by atoms with Crippen LogP contribution in [-0.4, -0.2) is 55.1 Å². The molecule has 3 nitrogen and oxygen atoms in total. The third-order valence-electron chi connectivity index (χ3n) is 5.38. The lowest BCUT2D eigenvalue weighted by Crippen LogP contribution is -2.38. The molecule has 0 aromatic carbocycles. The van der Waals surface area contributed by atoms with Gasteiger partial charge in [-0.15, -0.1) is 0 Å². The van der Waals surface area contributed by atoms with Crippen LogP contribution in [0, 0.1) is 11.8 Å². The third-order valence-corrected chi connectivity index (χ3v) is 5.38. The van der Waals surface area contributed by atoms with Crippen molar-refractivity contribution in [3.63, 3.8) is 0 Å². The molecule has 2 saturated heterocycles. The normalized spacial score (nSPS) is 38.2. The van der Waals surface area contributed by atoms with Crippen molar-refractivity contribution in [1.82, 2.24) is 9.80 Å². The van der Waals surface area contributed by atoms with Gasteiger partial charge in [-0.3, -0.25) is 0 Å². The molecule has 2 aliphatic heterocycles. The highest BCUT2D eigenvalue weighted by molar-refractivity contribution is 4.93. The molecule has 3 atom stereocenters. The summed E-state index contributed by atoms with van der Waals surface area (Å²) >= 11 is 0. The van der Waals surface area contributed by atoms with E-state index >= 15 is 0 Å². The van der Waals surface area contributed by atoms with Gasteiger partial charge in [0.1, 0.15) is 0 Å². The number of hydrogen-bond acceptors (Lipinski definition) is 3. The fourth-order valence-electron chi connectivity index (χ4n) is 4.32. The molecule has 104 valence electrons. The van der Waals surface area contributed by atoms with Crippen molar-refractivity contribution < 1.29 is 0 Å². The summed E-state index contributed by atoms with van der Waals surface area (Å²) in [4.78, 5) is 5.32. The summed E-state index contributed by atoms with van der Waals surface area (Å²) in [6, 6.07) is 0.493. The average Bonchev–Trinajstić information content (AvgIpc) is 2.98. The maximum atomic E-state index is 6.28. The maximum Gasteiger partial charge on any atom is 0.00825 e. The molecule has 3 aliphatic rings. The van der Waals surface area contributed by atoms with Crippen molar-refractivity contribution >= 4 is 0 Å². The van der Waals surface area contributed by atoms with Crippen LogP contribution in [0.5, 0.6) is 0 Å². The zero-order valence-electron chi connectivity index (χ0n) is 11.7. The minimum absolute atomic E-state index is 0.493. The highest BCUT2D eigenvalue weighted by Crippen LogP contribution is 2.35. The molecule has 2 heterocycles. The molecule has 0 bridgehead atoms. The number of rotatable bonds is 4. The molecule has 3 fully saturated rings. The fourth-order valence-corrected chi connectivity index (χ4v) is 4.32. The first kappa shape index (κ1) is 12.9. The lowest BCUT2D eigenvalue weighted by atomic mass is 9.78. The molecular weight excluding hydrogens is 222 g/mol. The SMILES string of the molecule is NC1CCCC2CN(CCCN3CCCC3)CC12. The summed E-state index contributed by atoms with van der Waals surface area (Å²) < 4.78 is 0. The Balaban J connectivity index is 1.39. The zero-order valence-corrected chi connectivity index (χ0v) is 11.7. The largest absolute Gasteiger partial charge is 0.327 e. The van der Waals surface area contributed by atoms with Crippen molar-refractivity contribution in [2.45, 2.75) is 44.6 Å². The van der Waals surface area contributed by atoms with Crippen LogP contribution >= 0.6 is 0 Å². The van der Waals surface area contributed by atoms with Gasteiger partial charge in [-0.25, -0.2) is 0 Å². The van der Waals surface area contributed by atoms with Crippen molar-refractivity contribution in [1.29, 1.82) is 0 Å². The Kier molecular flexibility index (Phi) is 4.22. The standard InChI is InChI=1S/C15H29N3/c16-15-6-3-5-13-11-18(12-14(13)15)10-4-9-17-7-1-2-8-17/h13-15H,1-12,16H2. The molecule has 18 heavy (non-hydrogen) atoms. The Hall–Kier alpha value is -0.120. The van der Waals surface area contributed by atoms with E-state index in [1.54, 1.807) is 0 Å². The van der Waals surface area contributed by atoms with Gasteiger partial charge in [0.05, 0.1) is 0 Å². The van der Waals surface area contributed by atoms with Crippen LogP contribution in [0.4, 0.5) is 0 Å². The van der Waals surface area contributed by atoms with Gasteiger partial charge in [0, 0.05) is 19.1 Å². The Morgan fingerprint density at radius 2 is 1.67 bits per heavy atom. The summed E-state index contributed by atoms with van der Waals surface area (Å²) in [5.74, 6) is 1.73. The van der Waals surface area contributed by atoms with E-state index in [1.165, 1.54) is 77.8 Å². The molecule has 0 aromatic heterocycles. The van der Waals surface area contributed by atoms with Crippen LogP contribution in [0.2, 0.25) is 0 Å². The molecule has 1 aliphatic carbocycles. The number of likely N-dealkylation sites (tertiary alicyclic amines) is 2. The minimum Gasteiger partial charge on any atom is -0.327 e. The Morgan fingerprint density at radius 3 is 2.44 bits per heavy atom. The second-order valence-corrected chi connectivity index (χ2v) is 6.68. The van der Waals surface area contributed by atoms with Crippen LogP contribution < -0.4 is 5.73 Å². The third kappa shape index (κ3) is 2.89. The lowest BCUT2D eigenvalue weighted by molar-refractivity contribution is 0.258. The van der Waals surface area contributed by atoms with Crippen LogP contribution in [0.1, 0.15) is 38.5 Å². The van der Waals surface area contributed by atoms with Gasteiger partial charge in [-0.05, 0) is 70.1 Å². The molecule has 0 radical (unpaired) electrons. The number of nitrogens with zero attached hydrogens (tertiary/aromatic N) is 2. The average molecular weight is 251 g/mol. The van der Waals surface area contributed by atoms with Gasteiger partial charge >= 0.3 is 0 Å². The van der Waals surface area contributed by atoms with E-state index in [1.807, 2.05) is 0 Å². The number of hydrogen-bond donors (Lipinski definition) is 1. The van der Waals surface area contributed by atoms with Gasteiger partial charge in [0.25, 0.3) is 0 Å². The maximum absolute atomic E-state index is 6.28. The van der Waals surface area contributed by atoms with Crippen molar-refractivity contribution in [2.24, 2.45) is 17.6 Å². The molecule has 3 heteroatoms. The molecule has 0 amide bonds. The smallest absolute Gasteiger partial charge is 0.00825 e. The minimum atomic E-state index is 0.493. The van der Waals surface area contributed by atoms with E-state index in [9.17, 15) is 0 Å². The lowest BCUT2D eigenvalue weighted by Gasteiger charge is -2.29. The Morgan fingerprint density at radius 1 is 0.889 bits per heavy atom. The molecule has 0 aromatic rings. The van der Waals surface area contributed by atoms with Crippen molar-refractivity contribution in [3.8, 4) is 0 Å². The number of nitrogens with two attached hydrogens (primary N) is 1. The van der Waals surface area contributed by atoms with Crippen molar-refractivity contribution in [3.05, 3.63) is 0 Å². The Labute approximate surface area is 112 Å². The monoisotopic (exact) mass is 251 g/mol. The van der Waals surface area contributed by atoms with Gasteiger partial charge in [0.2, 0.25) is 0 Å². The molecule has 2 N–H and O–H groups in total. The molecule has 0 spiro atoms. The van der Waals surface area contributed by atoms with Crippen LogP contribution in [0.25, 0.3) is 0 Å². The van der Waals surface area contributed by atoms with Crippen LogP contribution in [-0.2, 0) is 0 Å².